The molecule has 0 aliphatic heterocycles. The fourth-order valence-corrected chi connectivity index (χ4v) is 0. The average molecular weight is 233 g/mol. The first-order chi connectivity index (χ1) is 1.73. The quantitative estimate of drug-likeness (QED) is 0.436. The van der Waals surface area contributed by atoms with Gasteiger partial charge < -0.3 is 15.0 Å². The van der Waals surface area contributed by atoms with Crippen molar-refractivity contribution in [1.82, 2.24) is 0 Å². The predicted octanol–water partition coefficient (Wildman–Crippen LogP) is -2.45. The maximum atomic E-state index is 8.33. The van der Waals surface area contributed by atoms with Gasteiger partial charge in [0, 0.05) is 33.3 Å². The van der Waals surface area contributed by atoms with Gasteiger partial charge >= 0.3 is 17.1 Å². The molecule has 0 aliphatic carbocycles. The first-order valence-corrected chi connectivity index (χ1v) is 0.612. The van der Waals surface area contributed by atoms with Crippen LogP contribution in [0.4, 0.5) is 4.79 Å². The zero-order chi connectivity index (χ0) is 3.58. The SMILES string of the molecule is O=C([O-])[O-].[Co].[Mn+2].[Ni]. The van der Waals surface area contributed by atoms with E-state index in [0.717, 1.165) is 0 Å². The number of hydrogen-bond donors (Lipinski definition) is 0. The molecule has 0 N–H and O–H groups in total. The third-order valence-electron chi connectivity index (χ3n) is 0. The Labute approximate surface area is 71.5 Å². The minimum Gasteiger partial charge on any atom is -0.652 e. The van der Waals surface area contributed by atoms with Gasteiger partial charge in [0.15, 0.2) is 0 Å². The van der Waals surface area contributed by atoms with Crippen LogP contribution in [0.1, 0.15) is 0 Å². The number of hydrogen-bond acceptors (Lipinski definition) is 3. The number of carboxylic acid groups (broad SMARTS) is 2. The summed E-state index contributed by atoms with van der Waals surface area (Å²) in [5, 5.41) is 16.7. The largest absolute Gasteiger partial charge is 2.00 e. The van der Waals surface area contributed by atoms with Crippen LogP contribution in [0.15, 0.2) is 0 Å². The summed E-state index contributed by atoms with van der Waals surface area (Å²) < 4.78 is 0. The summed E-state index contributed by atoms with van der Waals surface area (Å²) in [6.45, 7) is 0. The molecular weight excluding hydrogens is 233 g/mol. The van der Waals surface area contributed by atoms with E-state index in [1.165, 1.54) is 0 Å². The van der Waals surface area contributed by atoms with Crippen LogP contribution in [0.5, 0.6) is 0 Å². The van der Waals surface area contributed by atoms with Crippen molar-refractivity contribution in [2.75, 3.05) is 0 Å². The fourth-order valence-electron chi connectivity index (χ4n) is 0. The average Bonchev–Trinajstić information content (AvgIpc) is 0.811. The first-order valence-electron chi connectivity index (χ1n) is 0.612. The van der Waals surface area contributed by atoms with E-state index in [2.05, 4.69) is 0 Å². The molecular formula is CCoMnNiO3. The van der Waals surface area contributed by atoms with E-state index >= 15 is 0 Å². The van der Waals surface area contributed by atoms with Gasteiger partial charge in [-0.2, -0.15) is 0 Å². The van der Waals surface area contributed by atoms with E-state index in [4.69, 9.17) is 15.0 Å². The van der Waals surface area contributed by atoms with E-state index in [-0.39, 0.29) is 50.3 Å². The molecule has 0 aromatic rings. The molecule has 7 heavy (non-hydrogen) atoms. The third-order valence-corrected chi connectivity index (χ3v) is 0. The molecule has 48 valence electrons. The smallest absolute Gasteiger partial charge is 0.652 e. The molecule has 0 saturated heterocycles. The molecule has 0 fully saturated rings. The number of rotatable bonds is 0. The van der Waals surface area contributed by atoms with Crippen molar-refractivity contribution >= 4 is 6.16 Å². The van der Waals surface area contributed by atoms with E-state index < -0.39 is 6.16 Å². The zero-order valence-corrected chi connectivity index (χ0v) is 5.96. The number of carbonyl (C=O) groups is 1. The van der Waals surface area contributed by atoms with Crippen LogP contribution < -0.4 is 10.2 Å². The Kier molecular flexibility index (Phi) is 56.6. The van der Waals surface area contributed by atoms with Crippen molar-refractivity contribution in [3.63, 3.8) is 0 Å². The summed E-state index contributed by atoms with van der Waals surface area (Å²) in [6, 6.07) is 0. The van der Waals surface area contributed by atoms with Gasteiger partial charge in [-0.15, -0.1) is 0 Å². The molecule has 0 aromatic heterocycles. The van der Waals surface area contributed by atoms with Crippen LogP contribution in [-0.4, -0.2) is 6.16 Å². The Bertz CT molecular complexity index is 37.9. The minimum atomic E-state index is -2.33. The molecule has 0 aromatic carbocycles. The Morgan fingerprint density at radius 1 is 1.29 bits per heavy atom. The summed E-state index contributed by atoms with van der Waals surface area (Å²) in [4.78, 5) is 8.33. The van der Waals surface area contributed by atoms with Gasteiger partial charge in [0.1, 0.15) is 0 Å². The molecule has 0 saturated carbocycles. The number of carbonyl (C=O) groups excluding carboxylic acids is 1. The van der Waals surface area contributed by atoms with E-state index in [1.807, 2.05) is 0 Å². The van der Waals surface area contributed by atoms with Crippen LogP contribution in [0, 0.1) is 0 Å². The van der Waals surface area contributed by atoms with Gasteiger partial charge in [-0.05, 0) is 6.16 Å². The summed E-state index contributed by atoms with van der Waals surface area (Å²) in [5.41, 5.74) is 0. The molecule has 6 heteroatoms. The van der Waals surface area contributed by atoms with E-state index in [1.54, 1.807) is 0 Å². The van der Waals surface area contributed by atoms with Gasteiger partial charge in [0.25, 0.3) is 0 Å². The van der Waals surface area contributed by atoms with Crippen molar-refractivity contribution in [3.8, 4) is 0 Å². The standard InChI is InChI=1S/CH2O3.Co.Mn.Ni/c2-1(3)4;;;/h(H2,2,3,4);;;/q;;+2;/p-2. The molecule has 0 rings (SSSR count). The molecule has 0 unspecified atom stereocenters. The first kappa shape index (κ1) is 25.0. The Balaban J connectivity index is -0.0000000150. The van der Waals surface area contributed by atoms with Gasteiger partial charge in [0.05, 0.1) is 0 Å². The summed E-state index contributed by atoms with van der Waals surface area (Å²) in [7, 11) is 0. The Hall–Kier alpha value is 0.789. The third kappa shape index (κ3) is 250. The van der Waals surface area contributed by atoms with E-state index in [9.17, 15) is 0 Å². The molecule has 0 amide bonds. The molecule has 0 aliphatic rings. The summed E-state index contributed by atoms with van der Waals surface area (Å²) in [5.74, 6) is 0. The Morgan fingerprint density at radius 3 is 1.29 bits per heavy atom. The van der Waals surface area contributed by atoms with Crippen LogP contribution >= 0.6 is 0 Å². The second-order valence-electron chi connectivity index (χ2n) is 0.250. The van der Waals surface area contributed by atoms with Gasteiger partial charge in [-0.3, -0.25) is 0 Å². The normalized spacial score (nSPS) is 3.43. The zero-order valence-electron chi connectivity index (χ0n) is 2.75. The molecule has 0 atom stereocenters. The molecule has 2 radical (unpaired) electrons. The monoisotopic (exact) mass is 232 g/mol. The van der Waals surface area contributed by atoms with E-state index in [0.29, 0.717) is 0 Å². The van der Waals surface area contributed by atoms with Crippen molar-refractivity contribution < 1.29 is 65.3 Å². The molecule has 0 heterocycles. The van der Waals surface area contributed by atoms with Gasteiger partial charge in [-0.1, -0.05) is 0 Å². The van der Waals surface area contributed by atoms with Crippen molar-refractivity contribution in [2.45, 2.75) is 0 Å². The Morgan fingerprint density at radius 2 is 1.29 bits per heavy atom. The molecule has 0 spiro atoms. The van der Waals surface area contributed by atoms with Crippen LogP contribution in [0.2, 0.25) is 0 Å². The topological polar surface area (TPSA) is 63.2 Å². The van der Waals surface area contributed by atoms with Crippen molar-refractivity contribution in [2.24, 2.45) is 0 Å². The second kappa shape index (κ2) is 15.8. The second-order valence-corrected chi connectivity index (χ2v) is 0.250. The van der Waals surface area contributed by atoms with Crippen molar-refractivity contribution in [1.29, 1.82) is 0 Å². The van der Waals surface area contributed by atoms with Gasteiger partial charge in [0.2, 0.25) is 0 Å². The summed E-state index contributed by atoms with van der Waals surface area (Å²) >= 11 is 0. The predicted molar refractivity (Wildman–Crippen MR) is 5.40 cm³/mol. The van der Waals surface area contributed by atoms with Crippen molar-refractivity contribution in [3.05, 3.63) is 0 Å². The summed E-state index contributed by atoms with van der Waals surface area (Å²) in [6.07, 6.45) is -2.33. The molecule has 0 bridgehead atoms. The molecule has 3 nitrogen and oxygen atoms in total. The maximum absolute atomic E-state index is 8.33. The maximum Gasteiger partial charge on any atom is 2.00 e. The minimum absolute atomic E-state index is 0. The van der Waals surface area contributed by atoms with Gasteiger partial charge in [-0.25, -0.2) is 0 Å². The van der Waals surface area contributed by atoms with Crippen LogP contribution in [-0.2, 0) is 50.3 Å². The van der Waals surface area contributed by atoms with Crippen LogP contribution in [0.25, 0.3) is 0 Å². The fraction of sp³-hybridized carbons (Fsp3) is 0. The van der Waals surface area contributed by atoms with Crippen LogP contribution in [0.3, 0.4) is 0 Å².